The summed E-state index contributed by atoms with van der Waals surface area (Å²) in [5, 5.41) is 2.91. The van der Waals surface area contributed by atoms with Crippen LogP contribution >= 0.6 is 0 Å². The van der Waals surface area contributed by atoms with E-state index in [4.69, 9.17) is 14.2 Å². The summed E-state index contributed by atoms with van der Waals surface area (Å²) in [4.78, 5) is 20.9. The fourth-order valence-electron chi connectivity index (χ4n) is 2.88. The van der Waals surface area contributed by atoms with Gasteiger partial charge in [0.25, 0.3) is 5.91 Å². The molecule has 1 unspecified atom stereocenters. The number of fused-ring (bicyclic) bond motifs is 1. The number of aromatic nitrogens is 2. The van der Waals surface area contributed by atoms with E-state index in [0.29, 0.717) is 23.8 Å². The van der Waals surface area contributed by atoms with Crippen molar-refractivity contribution in [2.75, 3.05) is 6.79 Å². The van der Waals surface area contributed by atoms with Gasteiger partial charge in [-0.05, 0) is 42.8 Å². The van der Waals surface area contributed by atoms with Crippen LogP contribution in [-0.2, 0) is 11.3 Å². The van der Waals surface area contributed by atoms with Gasteiger partial charge in [-0.25, -0.2) is 0 Å². The molecule has 0 fully saturated rings. The highest BCUT2D eigenvalue weighted by Crippen LogP contribution is 2.35. The monoisotopic (exact) mass is 377 g/mol. The van der Waals surface area contributed by atoms with Gasteiger partial charge in [-0.2, -0.15) is 0 Å². The molecule has 1 aromatic carbocycles. The Morgan fingerprint density at radius 1 is 1.14 bits per heavy atom. The van der Waals surface area contributed by atoms with Crippen LogP contribution in [0.4, 0.5) is 0 Å². The van der Waals surface area contributed by atoms with Gasteiger partial charge in [-0.15, -0.1) is 0 Å². The normalized spacial score (nSPS) is 13.0. The zero-order valence-electron chi connectivity index (χ0n) is 15.3. The maximum Gasteiger partial charge on any atom is 0.261 e. The first-order valence-corrected chi connectivity index (χ1v) is 8.89. The van der Waals surface area contributed by atoms with Gasteiger partial charge < -0.3 is 19.5 Å². The number of rotatable bonds is 6. The van der Waals surface area contributed by atoms with Gasteiger partial charge in [0.05, 0.1) is 5.69 Å². The molecule has 7 nitrogen and oxygen atoms in total. The Balaban J connectivity index is 1.39. The summed E-state index contributed by atoms with van der Waals surface area (Å²) in [7, 11) is 0. The summed E-state index contributed by atoms with van der Waals surface area (Å²) in [6.45, 7) is 2.24. The number of pyridine rings is 2. The van der Waals surface area contributed by atoms with Gasteiger partial charge in [0.2, 0.25) is 6.79 Å². The Labute approximate surface area is 162 Å². The van der Waals surface area contributed by atoms with Crippen molar-refractivity contribution in [3.8, 4) is 28.5 Å². The van der Waals surface area contributed by atoms with Crippen LogP contribution in [0.25, 0.3) is 11.3 Å². The third-order valence-corrected chi connectivity index (χ3v) is 4.32. The highest BCUT2D eigenvalue weighted by Gasteiger charge is 2.18. The molecule has 7 heteroatoms. The van der Waals surface area contributed by atoms with Crippen molar-refractivity contribution in [3.05, 3.63) is 66.6 Å². The van der Waals surface area contributed by atoms with E-state index in [2.05, 4.69) is 15.3 Å². The zero-order valence-corrected chi connectivity index (χ0v) is 15.3. The van der Waals surface area contributed by atoms with Crippen LogP contribution in [0.5, 0.6) is 17.2 Å². The molecule has 0 bridgehead atoms. The van der Waals surface area contributed by atoms with Crippen molar-refractivity contribution in [2.45, 2.75) is 19.6 Å². The Morgan fingerprint density at radius 2 is 1.96 bits per heavy atom. The predicted octanol–water partition coefficient (Wildman–Crippen LogP) is 2.96. The summed E-state index contributed by atoms with van der Waals surface area (Å²) >= 11 is 0. The number of carbonyl (C=O) groups excluding carboxylic acids is 1. The molecule has 1 amide bonds. The predicted molar refractivity (Wildman–Crippen MR) is 102 cm³/mol. The number of hydrogen-bond donors (Lipinski definition) is 1. The van der Waals surface area contributed by atoms with Gasteiger partial charge in [0, 0.05) is 36.8 Å². The van der Waals surface area contributed by atoms with Crippen LogP contribution in [-0.4, -0.2) is 28.8 Å². The molecule has 0 saturated heterocycles. The Morgan fingerprint density at radius 3 is 2.82 bits per heavy atom. The molecule has 4 rings (SSSR count). The molecular formula is C21H19N3O4. The third-order valence-electron chi connectivity index (χ3n) is 4.32. The van der Waals surface area contributed by atoms with E-state index in [9.17, 15) is 4.79 Å². The lowest BCUT2D eigenvalue weighted by molar-refractivity contribution is -0.127. The molecule has 1 aliphatic rings. The number of nitrogens with one attached hydrogen (secondary N) is 1. The van der Waals surface area contributed by atoms with Crippen LogP contribution in [0.15, 0.2) is 61.1 Å². The maximum absolute atomic E-state index is 12.5. The minimum atomic E-state index is -0.665. The van der Waals surface area contributed by atoms with Gasteiger partial charge >= 0.3 is 0 Å². The molecule has 0 aliphatic carbocycles. The minimum Gasteiger partial charge on any atom is -0.481 e. The van der Waals surface area contributed by atoms with Gasteiger partial charge in [-0.1, -0.05) is 6.07 Å². The molecule has 0 spiro atoms. The number of carbonyl (C=O) groups is 1. The Bertz CT molecular complexity index is 978. The molecule has 3 aromatic rings. The zero-order chi connectivity index (χ0) is 19.3. The standard InChI is InChI=1S/C21H19N3O4/c1-14(28-17-4-5-18-19(11-17)27-13-26-18)21(25)24-12-16-3-2-8-23-20(16)15-6-9-22-10-7-15/h2-11,14H,12-13H2,1H3,(H,24,25). The van der Waals surface area contributed by atoms with E-state index in [1.165, 1.54) is 0 Å². The van der Waals surface area contributed by atoms with Gasteiger partial charge in [0.15, 0.2) is 17.6 Å². The van der Waals surface area contributed by atoms with Crippen LogP contribution in [0, 0.1) is 0 Å². The summed E-state index contributed by atoms with van der Waals surface area (Å²) < 4.78 is 16.3. The summed E-state index contributed by atoms with van der Waals surface area (Å²) in [5.74, 6) is 1.61. The molecule has 2 aromatic heterocycles. The lowest BCUT2D eigenvalue weighted by Crippen LogP contribution is -2.36. The van der Waals surface area contributed by atoms with E-state index in [1.54, 1.807) is 43.7 Å². The molecule has 142 valence electrons. The van der Waals surface area contributed by atoms with Crippen molar-refractivity contribution >= 4 is 5.91 Å². The number of benzene rings is 1. The van der Waals surface area contributed by atoms with Crippen LogP contribution in [0.3, 0.4) is 0 Å². The lowest BCUT2D eigenvalue weighted by Gasteiger charge is -2.16. The fourth-order valence-corrected chi connectivity index (χ4v) is 2.88. The molecule has 1 N–H and O–H groups in total. The molecule has 0 radical (unpaired) electrons. The molecule has 28 heavy (non-hydrogen) atoms. The van der Waals surface area contributed by atoms with Crippen LogP contribution in [0.1, 0.15) is 12.5 Å². The summed E-state index contributed by atoms with van der Waals surface area (Å²) in [5.41, 5.74) is 2.68. The maximum atomic E-state index is 12.5. The average molecular weight is 377 g/mol. The molecule has 3 heterocycles. The first-order chi connectivity index (χ1) is 13.7. The number of nitrogens with zero attached hydrogens (tertiary/aromatic N) is 2. The summed E-state index contributed by atoms with van der Waals surface area (Å²) in [6.07, 6.45) is 4.50. The van der Waals surface area contributed by atoms with E-state index in [1.807, 2.05) is 24.3 Å². The third kappa shape index (κ3) is 3.88. The van der Waals surface area contributed by atoms with E-state index in [0.717, 1.165) is 16.8 Å². The number of ether oxygens (including phenoxy) is 3. The first kappa shape index (κ1) is 17.8. The van der Waals surface area contributed by atoms with Crippen molar-refractivity contribution < 1.29 is 19.0 Å². The van der Waals surface area contributed by atoms with Crippen molar-refractivity contribution in [1.82, 2.24) is 15.3 Å². The molecule has 1 aliphatic heterocycles. The molecule has 1 atom stereocenters. The van der Waals surface area contributed by atoms with E-state index < -0.39 is 6.10 Å². The van der Waals surface area contributed by atoms with E-state index in [-0.39, 0.29) is 12.7 Å². The second kappa shape index (κ2) is 7.96. The topological polar surface area (TPSA) is 82.6 Å². The van der Waals surface area contributed by atoms with Crippen LogP contribution in [0.2, 0.25) is 0 Å². The fraction of sp³-hybridized carbons (Fsp3) is 0.190. The molecular weight excluding hydrogens is 358 g/mol. The largest absolute Gasteiger partial charge is 0.481 e. The van der Waals surface area contributed by atoms with Crippen molar-refractivity contribution in [2.24, 2.45) is 0 Å². The molecule has 0 saturated carbocycles. The summed E-state index contributed by atoms with van der Waals surface area (Å²) in [6, 6.07) is 12.8. The minimum absolute atomic E-state index is 0.194. The Hall–Kier alpha value is -3.61. The lowest BCUT2D eigenvalue weighted by atomic mass is 10.1. The van der Waals surface area contributed by atoms with Crippen molar-refractivity contribution in [3.63, 3.8) is 0 Å². The second-order valence-electron chi connectivity index (χ2n) is 6.24. The number of hydrogen-bond acceptors (Lipinski definition) is 6. The van der Waals surface area contributed by atoms with E-state index >= 15 is 0 Å². The smallest absolute Gasteiger partial charge is 0.261 e. The second-order valence-corrected chi connectivity index (χ2v) is 6.24. The number of amides is 1. The van der Waals surface area contributed by atoms with Gasteiger partial charge in [-0.3, -0.25) is 14.8 Å². The quantitative estimate of drug-likeness (QED) is 0.711. The SMILES string of the molecule is CC(Oc1ccc2c(c1)OCO2)C(=O)NCc1cccnc1-c1ccncc1. The van der Waals surface area contributed by atoms with Crippen molar-refractivity contribution in [1.29, 1.82) is 0 Å². The highest BCUT2D eigenvalue weighted by molar-refractivity contribution is 5.81. The Kier molecular flexibility index (Phi) is 5.05. The van der Waals surface area contributed by atoms with Crippen LogP contribution < -0.4 is 19.5 Å². The average Bonchev–Trinajstić information content (AvgIpc) is 3.20. The van der Waals surface area contributed by atoms with Gasteiger partial charge in [0.1, 0.15) is 5.75 Å². The first-order valence-electron chi connectivity index (χ1n) is 8.89. The highest BCUT2D eigenvalue weighted by atomic mass is 16.7.